The van der Waals surface area contributed by atoms with Gasteiger partial charge in [0.25, 0.3) is 5.91 Å². The van der Waals surface area contributed by atoms with Gasteiger partial charge in [0.15, 0.2) is 0 Å². The predicted molar refractivity (Wildman–Crippen MR) is 132 cm³/mol. The molecule has 1 atom stereocenters. The van der Waals surface area contributed by atoms with Gasteiger partial charge in [-0.1, -0.05) is 24.3 Å². The van der Waals surface area contributed by atoms with Gasteiger partial charge in [-0.2, -0.15) is 0 Å². The lowest BCUT2D eigenvalue weighted by Crippen LogP contribution is -2.17. The summed E-state index contributed by atoms with van der Waals surface area (Å²) in [5.74, 6) is 0.705. The lowest BCUT2D eigenvalue weighted by atomic mass is 10.0. The summed E-state index contributed by atoms with van der Waals surface area (Å²) in [5, 5.41) is 20.2. The zero-order valence-corrected chi connectivity index (χ0v) is 19.9. The number of benzene rings is 2. The first-order valence-electron chi connectivity index (χ1n) is 11.2. The van der Waals surface area contributed by atoms with Gasteiger partial charge in [-0.3, -0.25) is 15.3 Å². The molecule has 0 radical (unpaired) electrons. The number of nitrogens with one attached hydrogen (secondary N) is 2. The second-order valence-electron chi connectivity index (χ2n) is 7.59. The van der Waals surface area contributed by atoms with E-state index in [0.717, 1.165) is 12.0 Å². The highest BCUT2D eigenvalue weighted by molar-refractivity contribution is 5.87. The van der Waals surface area contributed by atoms with Crippen LogP contribution in [0.5, 0.6) is 11.5 Å². The second kappa shape index (κ2) is 15.2. The van der Waals surface area contributed by atoms with E-state index in [-0.39, 0.29) is 13.2 Å². The molecule has 0 aliphatic carbocycles. The minimum absolute atomic E-state index is 0.0775. The number of hydrogen-bond acceptors (Lipinski definition) is 7. The van der Waals surface area contributed by atoms with Crippen LogP contribution < -0.4 is 20.3 Å². The Balaban J connectivity index is 2.02. The molecule has 35 heavy (non-hydrogen) atoms. The van der Waals surface area contributed by atoms with Gasteiger partial charge in [0, 0.05) is 11.8 Å². The number of carbonyl (C=O) groups excluding carboxylic acids is 2. The number of hydroxylamine groups is 1. The van der Waals surface area contributed by atoms with E-state index in [1.165, 1.54) is 6.08 Å². The van der Waals surface area contributed by atoms with Crippen molar-refractivity contribution in [2.75, 3.05) is 25.6 Å². The maximum Gasteiger partial charge on any atom is 0.412 e. The summed E-state index contributed by atoms with van der Waals surface area (Å²) in [7, 11) is 1.57. The quantitative estimate of drug-likeness (QED) is 0.108. The number of amides is 2. The van der Waals surface area contributed by atoms with Crippen molar-refractivity contribution in [3.8, 4) is 11.5 Å². The number of methoxy groups -OCH3 is 1. The van der Waals surface area contributed by atoms with E-state index in [2.05, 4.69) is 5.32 Å². The Morgan fingerprint density at radius 2 is 1.74 bits per heavy atom. The van der Waals surface area contributed by atoms with Crippen LogP contribution in [0.3, 0.4) is 0 Å². The van der Waals surface area contributed by atoms with Gasteiger partial charge in [-0.25, -0.2) is 10.3 Å². The van der Waals surface area contributed by atoms with Crippen molar-refractivity contribution in [2.24, 2.45) is 0 Å². The molecule has 0 aliphatic rings. The molecule has 0 aliphatic heterocycles. The third-order valence-electron chi connectivity index (χ3n) is 4.88. The molecular formula is C26H32N2O7. The van der Waals surface area contributed by atoms with Crippen LogP contribution in [0.25, 0.3) is 0 Å². The van der Waals surface area contributed by atoms with Gasteiger partial charge >= 0.3 is 6.09 Å². The molecule has 0 heterocycles. The lowest BCUT2D eigenvalue weighted by Gasteiger charge is -2.19. The number of allylic oxidation sites excluding steroid dienone is 3. The fraction of sp³-hybridized carbons (Fsp3) is 0.308. The van der Waals surface area contributed by atoms with Crippen LogP contribution >= 0.6 is 0 Å². The average molecular weight is 485 g/mol. The fourth-order valence-electron chi connectivity index (χ4n) is 3.16. The van der Waals surface area contributed by atoms with Crippen molar-refractivity contribution < 1.29 is 34.1 Å². The van der Waals surface area contributed by atoms with Gasteiger partial charge in [-0.15, -0.1) is 0 Å². The van der Waals surface area contributed by atoms with Gasteiger partial charge in [0.2, 0.25) is 0 Å². The Morgan fingerprint density at radius 1 is 1.06 bits per heavy atom. The molecule has 2 amide bonds. The van der Waals surface area contributed by atoms with Gasteiger partial charge in [0.1, 0.15) is 24.2 Å². The third kappa shape index (κ3) is 10.3. The Hall–Kier alpha value is -3.82. The van der Waals surface area contributed by atoms with Crippen molar-refractivity contribution >= 4 is 17.7 Å². The summed E-state index contributed by atoms with van der Waals surface area (Å²) in [6.45, 7) is 1.87. The van der Waals surface area contributed by atoms with Gasteiger partial charge in [-0.05, 0) is 73.7 Å². The molecule has 9 nitrogen and oxygen atoms in total. The second-order valence-corrected chi connectivity index (χ2v) is 7.59. The topological polar surface area (TPSA) is 126 Å². The number of aliphatic hydroxyl groups is 1. The van der Waals surface area contributed by atoms with Crippen LogP contribution in [-0.2, 0) is 9.53 Å². The summed E-state index contributed by atoms with van der Waals surface area (Å²) in [6.07, 6.45) is 5.90. The number of ether oxygens (including phenoxy) is 3. The van der Waals surface area contributed by atoms with Crippen LogP contribution in [-0.4, -0.2) is 42.6 Å². The zero-order chi connectivity index (χ0) is 25.5. The molecule has 188 valence electrons. The van der Waals surface area contributed by atoms with E-state index in [1.807, 2.05) is 18.2 Å². The van der Waals surface area contributed by atoms with Gasteiger partial charge in [0.05, 0.1) is 13.7 Å². The monoisotopic (exact) mass is 484 g/mol. The van der Waals surface area contributed by atoms with E-state index in [4.69, 9.17) is 24.5 Å². The average Bonchev–Trinajstić information content (AvgIpc) is 2.87. The maximum absolute atomic E-state index is 12.6. The smallest absolute Gasteiger partial charge is 0.412 e. The summed E-state index contributed by atoms with van der Waals surface area (Å²) in [5.41, 5.74) is 3.65. The summed E-state index contributed by atoms with van der Waals surface area (Å²) in [6, 6.07) is 14.1. The van der Waals surface area contributed by atoms with Crippen molar-refractivity contribution in [1.29, 1.82) is 0 Å². The predicted octanol–water partition coefficient (Wildman–Crippen LogP) is 4.53. The molecule has 0 saturated heterocycles. The third-order valence-corrected chi connectivity index (χ3v) is 4.88. The molecular weight excluding hydrogens is 452 g/mol. The largest absolute Gasteiger partial charge is 0.497 e. The van der Waals surface area contributed by atoms with Crippen LogP contribution in [0.2, 0.25) is 0 Å². The van der Waals surface area contributed by atoms with E-state index in [1.54, 1.807) is 62.0 Å². The number of rotatable bonds is 13. The number of carbonyl (C=O) groups is 2. The Labute approximate surface area is 205 Å². The Morgan fingerprint density at radius 3 is 2.37 bits per heavy atom. The normalized spacial score (nSPS) is 12.2. The number of anilines is 1. The molecule has 2 aromatic carbocycles. The molecule has 0 aromatic heterocycles. The lowest BCUT2D eigenvalue weighted by molar-refractivity contribution is -0.124. The molecule has 4 N–H and O–H groups in total. The first kappa shape index (κ1) is 27.4. The SMILES string of the molecule is COc1ccc(NC(=O)O[C@@H](CCC/C=C/C(C)=C/C(=O)NO)c2ccc(OCCO)cc2)cc1. The van der Waals surface area contributed by atoms with Crippen molar-refractivity contribution in [1.82, 2.24) is 5.48 Å². The van der Waals surface area contributed by atoms with Gasteiger partial charge < -0.3 is 19.3 Å². The van der Waals surface area contributed by atoms with E-state index >= 15 is 0 Å². The molecule has 2 aromatic rings. The highest BCUT2D eigenvalue weighted by Gasteiger charge is 2.17. The molecule has 0 unspecified atom stereocenters. The molecule has 9 heteroatoms. The minimum atomic E-state index is -0.588. The summed E-state index contributed by atoms with van der Waals surface area (Å²) < 4.78 is 16.3. The van der Waals surface area contributed by atoms with Crippen LogP contribution in [0.1, 0.15) is 37.9 Å². The van der Waals surface area contributed by atoms with Crippen LogP contribution in [0, 0.1) is 0 Å². The van der Waals surface area contributed by atoms with Crippen molar-refractivity contribution in [2.45, 2.75) is 32.3 Å². The molecule has 0 bridgehead atoms. The first-order chi connectivity index (χ1) is 16.9. The molecule has 0 fully saturated rings. The zero-order valence-electron chi connectivity index (χ0n) is 19.9. The Bertz CT molecular complexity index is 986. The standard InChI is InChI=1S/C26H32N2O7/c1-19(18-25(30)28-32)6-4-3-5-7-24(20-8-12-23(13-9-20)34-17-16-29)35-26(31)27-21-10-14-22(33-2)15-11-21/h4,6,8-15,18,24,29,32H,3,5,7,16-17H2,1-2H3,(H,27,31)(H,28,30)/b6-4+,19-18+/t24-/m0/s1. The first-order valence-corrected chi connectivity index (χ1v) is 11.2. The van der Waals surface area contributed by atoms with E-state index in [9.17, 15) is 9.59 Å². The van der Waals surface area contributed by atoms with E-state index in [0.29, 0.717) is 35.6 Å². The maximum atomic E-state index is 12.6. The van der Waals surface area contributed by atoms with Crippen LogP contribution in [0.15, 0.2) is 72.3 Å². The van der Waals surface area contributed by atoms with Crippen molar-refractivity contribution in [3.63, 3.8) is 0 Å². The molecule has 0 spiro atoms. The van der Waals surface area contributed by atoms with Crippen molar-refractivity contribution in [3.05, 3.63) is 77.9 Å². The highest BCUT2D eigenvalue weighted by atomic mass is 16.6. The van der Waals surface area contributed by atoms with Crippen LogP contribution in [0.4, 0.5) is 10.5 Å². The number of unbranched alkanes of at least 4 members (excludes halogenated alkanes) is 1. The summed E-state index contributed by atoms with van der Waals surface area (Å²) in [4.78, 5) is 23.7. The molecule has 2 rings (SSSR count). The number of aliphatic hydroxyl groups excluding tert-OH is 1. The molecule has 0 saturated carbocycles. The number of hydrogen-bond donors (Lipinski definition) is 4. The highest BCUT2D eigenvalue weighted by Crippen LogP contribution is 2.27. The fourth-order valence-corrected chi connectivity index (χ4v) is 3.16. The van der Waals surface area contributed by atoms with E-state index < -0.39 is 18.1 Å². The Kier molecular flexibility index (Phi) is 11.9. The summed E-state index contributed by atoms with van der Waals surface area (Å²) >= 11 is 0. The minimum Gasteiger partial charge on any atom is -0.497 e.